The predicted molar refractivity (Wildman–Crippen MR) is 74.0 cm³/mol. The van der Waals surface area contributed by atoms with Crippen molar-refractivity contribution in [2.75, 3.05) is 23.3 Å². The Hall–Kier alpha value is -1.18. The Morgan fingerprint density at radius 1 is 1.29 bits per heavy atom. The van der Waals surface area contributed by atoms with Gasteiger partial charge in [-0.1, -0.05) is 26.8 Å². The molecule has 3 rings (SSSR count). The molecular formula is C15H22N2. The van der Waals surface area contributed by atoms with Crippen molar-refractivity contribution in [1.82, 2.24) is 0 Å². The maximum Gasteiger partial charge on any atom is 0.0608 e. The molecule has 2 heterocycles. The van der Waals surface area contributed by atoms with Crippen LogP contribution in [0.5, 0.6) is 0 Å². The van der Waals surface area contributed by atoms with Crippen molar-refractivity contribution in [2.45, 2.75) is 45.1 Å². The van der Waals surface area contributed by atoms with Crippen LogP contribution in [0.3, 0.4) is 0 Å². The monoisotopic (exact) mass is 230 g/mol. The number of hydrogen-bond donors (Lipinski definition) is 1. The van der Waals surface area contributed by atoms with Gasteiger partial charge in [-0.2, -0.15) is 0 Å². The van der Waals surface area contributed by atoms with Gasteiger partial charge in [0, 0.05) is 19.1 Å². The number of nitrogens with zero attached hydrogens (tertiary/aromatic N) is 1. The maximum atomic E-state index is 3.57. The van der Waals surface area contributed by atoms with Gasteiger partial charge < -0.3 is 10.2 Å². The molecule has 0 aliphatic carbocycles. The second-order valence-electron chi connectivity index (χ2n) is 6.35. The molecule has 1 atom stereocenters. The highest BCUT2D eigenvalue weighted by atomic mass is 15.2. The molecule has 1 saturated heterocycles. The van der Waals surface area contributed by atoms with E-state index in [2.05, 4.69) is 49.2 Å². The molecule has 92 valence electrons. The lowest BCUT2D eigenvalue weighted by Gasteiger charge is -2.35. The van der Waals surface area contributed by atoms with Gasteiger partial charge in [0.15, 0.2) is 0 Å². The summed E-state index contributed by atoms with van der Waals surface area (Å²) in [6.45, 7) is 9.19. The third-order valence-electron chi connectivity index (χ3n) is 4.08. The molecule has 1 unspecified atom stereocenters. The number of nitrogens with one attached hydrogen (secondary N) is 1. The van der Waals surface area contributed by atoms with Gasteiger partial charge in [0.1, 0.15) is 0 Å². The summed E-state index contributed by atoms with van der Waals surface area (Å²) in [5.74, 6) is 0. The van der Waals surface area contributed by atoms with Gasteiger partial charge in [0.25, 0.3) is 0 Å². The van der Waals surface area contributed by atoms with Crippen molar-refractivity contribution < 1.29 is 0 Å². The van der Waals surface area contributed by atoms with Crippen LogP contribution in [0.1, 0.15) is 39.2 Å². The molecule has 2 nitrogen and oxygen atoms in total. The first-order chi connectivity index (χ1) is 8.05. The Morgan fingerprint density at radius 3 is 2.88 bits per heavy atom. The van der Waals surface area contributed by atoms with E-state index >= 15 is 0 Å². The zero-order valence-electron chi connectivity index (χ0n) is 11.1. The Bertz CT molecular complexity index is 431. The van der Waals surface area contributed by atoms with Gasteiger partial charge in [0.05, 0.1) is 11.4 Å². The van der Waals surface area contributed by atoms with E-state index in [9.17, 15) is 0 Å². The minimum Gasteiger partial charge on any atom is -0.381 e. The van der Waals surface area contributed by atoms with Crippen molar-refractivity contribution >= 4 is 11.4 Å². The molecule has 0 saturated carbocycles. The zero-order valence-corrected chi connectivity index (χ0v) is 11.1. The molecule has 1 fully saturated rings. The molecule has 1 aromatic carbocycles. The summed E-state index contributed by atoms with van der Waals surface area (Å²) in [6.07, 6.45) is 2.68. The normalized spacial score (nSPS) is 23.0. The van der Waals surface area contributed by atoms with E-state index in [0.29, 0.717) is 0 Å². The van der Waals surface area contributed by atoms with Gasteiger partial charge in [0.2, 0.25) is 0 Å². The second kappa shape index (κ2) is 3.66. The van der Waals surface area contributed by atoms with E-state index in [4.69, 9.17) is 0 Å². The highest BCUT2D eigenvalue weighted by Gasteiger charge is 2.30. The fourth-order valence-corrected chi connectivity index (χ4v) is 2.98. The number of fused-ring (bicyclic) bond motifs is 3. The minimum atomic E-state index is 0.238. The van der Waals surface area contributed by atoms with E-state index in [1.54, 1.807) is 0 Å². The van der Waals surface area contributed by atoms with Crippen LogP contribution in [-0.2, 0) is 5.41 Å². The Morgan fingerprint density at radius 2 is 2.12 bits per heavy atom. The molecule has 0 radical (unpaired) electrons. The van der Waals surface area contributed by atoms with E-state index in [0.717, 1.165) is 12.6 Å². The number of anilines is 2. The van der Waals surface area contributed by atoms with Crippen molar-refractivity contribution in [3.05, 3.63) is 23.8 Å². The quantitative estimate of drug-likeness (QED) is 0.735. The van der Waals surface area contributed by atoms with Crippen molar-refractivity contribution in [3.63, 3.8) is 0 Å². The zero-order chi connectivity index (χ0) is 12.0. The van der Waals surface area contributed by atoms with Gasteiger partial charge in [-0.3, -0.25) is 0 Å². The highest BCUT2D eigenvalue weighted by Crippen LogP contribution is 2.38. The summed E-state index contributed by atoms with van der Waals surface area (Å²) in [4.78, 5) is 2.60. The summed E-state index contributed by atoms with van der Waals surface area (Å²) < 4.78 is 0. The average Bonchev–Trinajstić information content (AvgIpc) is 2.75. The molecular weight excluding hydrogens is 208 g/mol. The summed E-state index contributed by atoms with van der Waals surface area (Å²) in [5.41, 5.74) is 4.41. The van der Waals surface area contributed by atoms with Crippen molar-refractivity contribution in [3.8, 4) is 0 Å². The summed E-state index contributed by atoms with van der Waals surface area (Å²) >= 11 is 0. The standard InChI is InChI=1S/C15H22N2/c1-15(2,3)11-6-7-13-14(9-11)17-8-4-5-12(17)10-16-13/h6-7,9,12,16H,4-5,8,10H2,1-3H3. The van der Waals surface area contributed by atoms with Crippen molar-refractivity contribution in [2.24, 2.45) is 0 Å². The van der Waals surface area contributed by atoms with Gasteiger partial charge >= 0.3 is 0 Å². The third kappa shape index (κ3) is 1.80. The Balaban J connectivity index is 2.04. The lowest BCUT2D eigenvalue weighted by atomic mass is 9.86. The maximum absolute atomic E-state index is 3.57. The molecule has 1 aromatic rings. The van der Waals surface area contributed by atoms with Crippen LogP contribution in [0.15, 0.2) is 18.2 Å². The fourth-order valence-electron chi connectivity index (χ4n) is 2.98. The van der Waals surface area contributed by atoms with Crippen molar-refractivity contribution in [1.29, 1.82) is 0 Å². The summed E-state index contributed by atoms with van der Waals surface area (Å²) in [5, 5.41) is 3.57. The third-order valence-corrected chi connectivity index (χ3v) is 4.08. The molecule has 0 bridgehead atoms. The van der Waals surface area contributed by atoms with Crippen LogP contribution in [-0.4, -0.2) is 19.1 Å². The van der Waals surface area contributed by atoms with E-state index in [1.807, 2.05) is 0 Å². The molecule has 0 amide bonds. The van der Waals surface area contributed by atoms with Crippen LogP contribution >= 0.6 is 0 Å². The summed E-state index contributed by atoms with van der Waals surface area (Å²) in [6, 6.07) is 7.63. The predicted octanol–water partition coefficient (Wildman–Crippen LogP) is 3.38. The fraction of sp³-hybridized carbons (Fsp3) is 0.600. The van der Waals surface area contributed by atoms with Crippen LogP contribution in [0.2, 0.25) is 0 Å². The highest BCUT2D eigenvalue weighted by molar-refractivity contribution is 5.74. The molecule has 17 heavy (non-hydrogen) atoms. The number of rotatable bonds is 0. The van der Waals surface area contributed by atoms with E-state index in [-0.39, 0.29) is 5.41 Å². The number of benzene rings is 1. The van der Waals surface area contributed by atoms with E-state index < -0.39 is 0 Å². The van der Waals surface area contributed by atoms with Gasteiger partial charge in [-0.25, -0.2) is 0 Å². The first-order valence-corrected chi connectivity index (χ1v) is 6.71. The lowest BCUT2D eigenvalue weighted by Crippen LogP contribution is -2.39. The van der Waals surface area contributed by atoms with Crippen LogP contribution in [0.25, 0.3) is 0 Å². The van der Waals surface area contributed by atoms with Crippen LogP contribution in [0, 0.1) is 0 Å². The first kappa shape index (κ1) is 10.9. The second-order valence-corrected chi connectivity index (χ2v) is 6.35. The largest absolute Gasteiger partial charge is 0.381 e. The lowest BCUT2D eigenvalue weighted by molar-refractivity contribution is 0.589. The molecule has 2 aliphatic heterocycles. The molecule has 2 heteroatoms. The average molecular weight is 230 g/mol. The SMILES string of the molecule is CC(C)(C)c1ccc2c(c1)N1CCCC1CN2. The molecule has 0 aromatic heterocycles. The smallest absolute Gasteiger partial charge is 0.0608 e. The molecule has 0 spiro atoms. The van der Waals surface area contributed by atoms with Crippen LogP contribution < -0.4 is 10.2 Å². The Labute approximate surface area is 104 Å². The first-order valence-electron chi connectivity index (χ1n) is 6.71. The van der Waals surface area contributed by atoms with Gasteiger partial charge in [-0.15, -0.1) is 0 Å². The van der Waals surface area contributed by atoms with Gasteiger partial charge in [-0.05, 0) is 36.0 Å². The Kier molecular flexibility index (Phi) is 2.35. The summed E-state index contributed by atoms with van der Waals surface area (Å²) in [7, 11) is 0. The number of hydrogen-bond acceptors (Lipinski definition) is 2. The molecule has 1 N–H and O–H groups in total. The molecule has 2 aliphatic rings. The van der Waals surface area contributed by atoms with Crippen LogP contribution in [0.4, 0.5) is 11.4 Å². The van der Waals surface area contributed by atoms with E-state index in [1.165, 1.54) is 36.3 Å². The topological polar surface area (TPSA) is 15.3 Å². The minimum absolute atomic E-state index is 0.238.